The number of para-hydroxylation sites is 1. The van der Waals surface area contributed by atoms with Crippen molar-refractivity contribution >= 4 is 21.8 Å². The Morgan fingerprint density at radius 1 is 0.700 bits per heavy atom. The van der Waals surface area contributed by atoms with Crippen molar-refractivity contribution in [3.63, 3.8) is 0 Å². The van der Waals surface area contributed by atoms with Gasteiger partial charge in [-0.15, -0.1) is 0 Å². The second-order valence-corrected chi connectivity index (χ2v) is 14.7. The summed E-state index contributed by atoms with van der Waals surface area (Å²) in [6.45, 7) is 15.8. The topological polar surface area (TPSA) is 44.9 Å². The van der Waals surface area contributed by atoms with Crippen LogP contribution >= 0.6 is 0 Å². The number of ether oxygens (including phenoxy) is 1. The van der Waals surface area contributed by atoms with Crippen LogP contribution in [0.1, 0.15) is 76.6 Å². The fourth-order valence-electron chi connectivity index (χ4n) is 7.17. The van der Waals surface area contributed by atoms with E-state index in [2.05, 4.69) is 150 Å². The molecular formula is C45H48N4O. The summed E-state index contributed by atoms with van der Waals surface area (Å²) in [6, 6.07) is 32.5. The monoisotopic (exact) mass is 660 g/mol. The van der Waals surface area contributed by atoms with Gasteiger partial charge in [0.2, 0.25) is 0 Å². The van der Waals surface area contributed by atoms with E-state index < -0.39 is 0 Å². The van der Waals surface area contributed by atoms with Crippen LogP contribution in [-0.2, 0) is 19.3 Å². The minimum absolute atomic E-state index is 0.318. The molecule has 0 aliphatic rings. The van der Waals surface area contributed by atoms with Crippen molar-refractivity contribution in [2.24, 2.45) is 11.8 Å². The van der Waals surface area contributed by atoms with E-state index in [9.17, 15) is 0 Å². The highest BCUT2D eigenvalue weighted by molar-refractivity contribution is 6.09. The lowest BCUT2D eigenvalue weighted by Crippen LogP contribution is -2.03. The molecule has 3 heterocycles. The van der Waals surface area contributed by atoms with Gasteiger partial charge < -0.3 is 4.74 Å². The van der Waals surface area contributed by atoms with Gasteiger partial charge in [-0.2, -0.15) is 5.10 Å². The van der Waals surface area contributed by atoms with Crippen LogP contribution in [-0.4, -0.2) is 19.3 Å². The zero-order valence-corrected chi connectivity index (χ0v) is 30.4. The van der Waals surface area contributed by atoms with Crippen molar-refractivity contribution in [3.05, 3.63) is 132 Å². The van der Waals surface area contributed by atoms with E-state index in [4.69, 9.17) is 14.8 Å². The SMILES string of the molecule is CCc1ccnc(-n2c3ccccc3c3ccc(Oc4cc(C(C)C)cc(-n5cc(-c6c(CC(C)C)cccc6CC(C)C)cn5)c4)cc32)c1. The zero-order valence-electron chi connectivity index (χ0n) is 30.4. The Morgan fingerprint density at radius 2 is 1.44 bits per heavy atom. The Morgan fingerprint density at radius 3 is 2.16 bits per heavy atom. The number of pyridine rings is 1. The first-order valence-electron chi connectivity index (χ1n) is 18.2. The Balaban J connectivity index is 1.29. The first-order chi connectivity index (χ1) is 24.2. The highest BCUT2D eigenvalue weighted by Crippen LogP contribution is 2.37. The average Bonchev–Trinajstić information content (AvgIpc) is 3.71. The lowest BCUT2D eigenvalue weighted by molar-refractivity contribution is 0.481. The van der Waals surface area contributed by atoms with E-state index in [1.54, 1.807) is 0 Å². The number of benzene rings is 4. The van der Waals surface area contributed by atoms with Crippen molar-refractivity contribution in [2.75, 3.05) is 0 Å². The van der Waals surface area contributed by atoms with E-state index in [1.807, 2.05) is 17.1 Å². The Hall–Kier alpha value is -5.16. The molecule has 0 bridgehead atoms. The summed E-state index contributed by atoms with van der Waals surface area (Å²) >= 11 is 0. The molecule has 0 unspecified atom stereocenters. The van der Waals surface area contributed by atoms with E-state index in [0.29, 0.717) is 17.8 Å². The Kier molecular flexibility index (Phi) is 9.33. The van der Waals surface area contributed by atoms with Crippen LogP contribution in [0.15, 0.2) is 110 Å². The molecule has 0 amide bonds. The van der Waals surface area contributed by atoms with Gasteiger partial charge in [0.05, 0.1) is 22.9 Å². The van der Waals surface area contributed by atoms with Gasteiger partial charge >= 0.3 is 0 Å². The molecule has 5 heteroatoms. The Bertz CT molecular complexity index is 2260. The molecule has 254 valence electrons. The predicted molar refractivity (Wildman–Crippen MR) is 208 cm³/mol. The van der Waals surface area contributed by atoms with Gasteiger partial charge in [0.1, 0.15) is 17.3 Å². The maximum absolute atomic E-state index is 6.71. The maximum Gasteiger partial charge on any atom is 0.137 e. The summed E-state index contributed by atoms with van der Waals surface area (Å²) in [5.74, 6) is 3.94. The number of nitrogens with zero attached hydrogens (tertiary/aromatic N) is 4. The number of hydrogen-bond acceptors (Lipinski definition) is 3. The molecule has 0 atom stereocenters. The third kappa shape index (κ3) is 6.69. The van der Waals surface area contributed by atoms with Crippen molar-refractivity contribution in [3.8, 4) is 34.1 Å². The molecule has 0 fully saturated rings. The van der Waals surface area contributed by atoms with Crippen molar-refractivity contribution < 1.29 is 4.74 Å². The fraction of sp³-hybridized carbons (Fsp3) is 0.289. The van der Waals surface area contributed by atoms with Gasteiger partial charge in [-0.1, -0.05) is 84.9 Å². The number of aromatic nitrogens is 4. The summed E-state index contributed by atoms with van der Waals surface area (Å²) < 4.78 is 11.0. The normalized spacial score (nSPS) is 11.9. The van der Waals surface area contributed by atoms with E-state index in [-0.39, 0.29) is 0 Å². The predicted octanol–water partition coefficient (Wildman–Crippen LogP) is 11.9. The second kappa shape index (κ2) is 14.0. The van der Waals surface area contributed by atoms with E-state index in [0.717, 1.165) is 58.9 Å². The van der Waals surface area contributed by atoms with E-state index in [1.165, 1.54) is 38.6 Å². The van der Waals surface area contributed by atoms with Crippen LogP contribution in [0.2, 0.25) is 0 Å². The molecule has 0 N–H and O–H groups in total. The minimum atomic E-state index is 0.318. The summed E-state index contributed by atoms with van der Waals surface area (Å²) in [5, 5.41) is 7.30. The Labute approximate surface area is 296 Å². The molecular weight excluding hydrogens is 613 g/mol. The molecule has 50 heavy (non-hydrogen) atoms. The lowest BCUT2D eigenvalue weighted by atomic mass is 9.88. The smallest absolute Gasteiger partial charge is 0.137 e. The first kappa shape index (κ1) is 33.3. The van der Waals surface area contributed by atoms with Crippen LogP contribution in [0.3, 0.4) is 0 Å². The molecule has 3 aromatic heterocycles. The third-order valence-electron chi connectivity index (χ3n) is 9.54. The maximum atomic E-state index is 6.71. The number of hydrogen-bond donors (Lipinski definition) is 0. The highest BCUT2D eigenvalue weighted by atomic mass is 16.5. The summed E-state index contributed by atoms with van der Waals surface area (Å²) in [5.41, 5.74) is 10.9. The molecule has 0 saturated carbocycles. The number of fused-ring (bicyclic) bond motifs is 3. The molecule has 5 nitrogen and oxygen atoms in total. The molecule has 0 aliphatic heterocycles. The highest BCUT2D eigenvalue weighted by Gasteiger charge is 2.18. The number of rotatable bonds is 11. The van der Waals surface area contributed by atoms with Crippen LogP contribution in [0, 0.1) is 11.8 Å². The summed E-state index contributed by atoms with van der Waals surface area (Å²) in [7, 11) is 0. The van der Waals surface area contributed by atoms with Crippen LogP contribution in [0.5, 0.6) is 11.5 Å². The van der Waals surface area contributed by atoms with Gasteiger partial charge in [0.25, 0.3) is 0 Å². The number of aryl methyl sites for hydroxylation is 1. The zero-order chi connectivity index (χ0) is 34.9. The fourth-order valence-corrected chi connectivity index (χ4v) is 7.17. The first-order valence-corrected chi connectivity index (χ1v) is 18.2. The minimum Gasteiger partial charge on any atom is -0.457 e. The molecule has 4 aromatic carbocycles. The van der Waals surface area contributed by atoms with Crippen LogP contribution in [0.25, 0.3) is 44.4 Å². The molecule has 0 radical (unpaired) electrons. The summed E-state index contributed by atoms with van der Waals surface area (Å²) in [4.78, 5) is 4.79. The second-order valence-electron chi connectivity index (χ2n) is 14.7. The van der Waals surface area contributed by atoms with Gasteiger partial charge in [-0.25, -0.2) is 9.67 Å². The average molecular weight is 661 g/mol. The van der Waals surface area contributed by atoms with Gasteiger partial charge in [-0.3, -0.25) is 4.57 Å². The largest absolute Gasteiger partial charge is 0.457 e. The van der Waals surface area contributed by atoms with Crippen LogP contribution in [0.4, 0.5) is 0 Å². The summed E-state index contributed by atoms with van der Waals surface area (Å²) in [6.07, 6.45) is 9.15. The van der Waals surface area contributed by atoms with Crippen molar-refractivity contribution in [1.82, 2.24) is 19.3 Å². The van der Waals surface area contributed by atoms with Crippen LogP contribution < -0.4 is 4.74 Å². The van der Waals surface area contributed by atoms with Crippen molar-refractivity contribution in [2.45, 2.75) is 73.6 Å². The standard InChI is InChI=1S/C45H48N4O/c1-8-32-18-19-46-44(22-32)49-42-15-10-9-14-40(42)41-17-16-38(26-43(41)49)50-39-24-35(31(6)7)23-37(25-39)48-28-36(27-47-48)45-33(20-29(2)3)12-11-13-34(45)21-30(4)5/h9-19,22-31H,8,20-21H2,1-7H3. The van der Waals surface area contributed by atoms with Gasteiger partial charge in [-0.05, 0) is 107 Å². The van der Waals surface area contributed by atoms with Crippen molar-refractivity contribution in [1.29, 1.82) is 0 Å². The third-order valence-corrected chi connectivity index (χ3v) is 9.54. The molecule has 7 aromatic rings. The molecule has 0 spiro atoms. The molecule has 0 aliphatic carbocycles. The molecule has 7 rings (SSSR count). The quantitative estimate of drug-likeness (QED) is 0.139. The van der Waals surface area contributed by atoms with Gasteiger partial charge in [0.15, 0.2) is 0 Å². The lowest BCUT2D eigenvalue weighted by Gasteiger charge is -2.17. The molecule has 0 saturated heterocycles. The van der Waals surface area contributed by atoms with Gasteiger partial charge in [0, 0.05) is 40.9 Å². The van der Waals surface area contributed by atoms with E-state index >= 15 is 0 Å².